The van der Waals surface area contributed by atoms with E-state index < -0.39 is 42.5 Å². The third-order valence-electron chi connectivity index (χ3n) is 4.37. The van der Waals surface area contributed by atoms with Crippen LogP contribution in [0, 0.1) is 11.8 Å². The average molecular weight is 432 g/mol. The van der Waals surface area contributed by atoms with Crippen molar-refractivity contribution in [1.82, 2.24) is 4.90 Å². The van der Waals surface area contributed by atoms with Gasteiger partial charge in [0, 0.05) is 19.3 Å². The van der Waals surface area contributed by atoms with Crippen LogP contribution in [0.1, 0.15) is 53.4 Å². The van der Waals surface area contributed by atoms with Gasteiger partial charge in [-0.3, -0.25) is 14.4 Å². The van der Waals surface area contributed by atoms with E-state index in [9.17, 15) is 19.5 Å². The van der Waals surface area contributed by atoms with Gasteiger partial charge in [0.15, 0.2) is 18.5 Å². The predicted molar refractivity (Wildman–Crippen MR) is 108 cm³/mol. The molecule has 4 atom stereocenters. The molecule has 30 heavy (non-hydrogen) atoms. The monoisotopic (exact) mass is 431 g/mol. The van der Waals surface area contributed by atoms with Gasteiger partial charge in [-0.2, -0.15) is 0 Å². The third kappa shape index (κ3) is 9.86. The Morgan fingerprint density at radius 1 is 0.933 bits per heavy atom. The molecular formula is C21H37NO8. The Bertz CT molecular complexity index is 563. The van der Waals surface area contributed by atoms with Crippen molar-refractivity contribution in [3.63, 3.8) is 0 Å². The van der Waals surface area contributed by atoms with Crippen LogP contribution in [0.25, 0.3) is 0 Å². The molecule has 0 aromatic rings. The Morgan fingerprint density at radius 3 is 1.97 bits per heavy atom. The average Bonchev–Trinajstić information content (AvgIpc) is 2.86. The zero-order valence-electron chi connectivity index (χ0n) is 19.0. The summed E-state index contributed by atoms with van der Waals surface area (Å²) in [6.45, 7) is 8.00. The van der Waals surface area contributed by atoms with Crippen LogP contribution >= 0.6 is 0 Å². The van der Waals surface area contributed by atoms with Crippen molar-refractivity contribution in [1.29, 1.82) is 0 Å². The van der Waals surface area contributed by atoms with Gasteiger partial charge in [0.2, 0.25) is 0 Å². The molecule has 0 radical (unpaired) electrons. The standard InChI is InChI=1S/C21H37NO8/c1-13(2)10-17(24)29-19-15(12-27-16(23)8-7-9-22(5)6)28-21(26)20(19)30-18(25)11-14(3)4/h13-15,19-21,26H,7-12H2,1-6H3/t15-,19-,20-,21-/m1/s1. The first kappa shape index (κ1) is 26.3. The van der Waals surface area contributed by atoms with Gasteiger partial charge in [0.1, 0.15) is 12.7 Å². The molecule has 9 nitrogen and oxygen atoms in total. The summed E-state index contributed by atoms with van der Waals surface area (Å²) in [5.41, 5.74) is 0. The minimum atomic E-state index is -1.48. The van der Waals surface area contributed by atoms with Crippen LogP contribution in [0.15, 0.2) is 0 Å². The fraction of sp³-hybridized carbons (Fsp3) is 0.857. The van der Waals surface area contributed by atoms with E-state index in [-0.39, 0.29) is 37.7 Å². The second kappa shape index (κ2) is 12.9. The Balaban J connectivity index is 2.75. The van der Waals surface area contributed by atoms with Crippen molar-refractivity contribution in [3.05, 3.63) is 0 Å². The highest BCUT2D eigenvalue weighted by Crippen LogP contribution is 2.27. The maximum absolute atomic E-state index is 12.2. The van der Waals surface area contributed by atoms with Crippen molar-refractivity contribution in [2.75, 3.05) is 27.2 Å². The molecule has 1 aliphatic heterocycles. The lowest BCUT2D eigenvalue weighted by atomic mass is 10.1. The fourth-order valence-electron chi connectivity index (χ4n) is 2.96. The highest BCUT2D eigenvalue weighted by atomic mass is 16.7. The number of carbonyl (C=O) groups is 3. The number of aliphatic hydroxyl groups is 1. The summed E-state index contributed by atoms with van der Waals surface area (Å²) >= 11 is 0. The van der Waals surface area contributed by atoms with Crippen LogP contribution in [-0.2, 0) is 33.3 Å². The SMILES string of the molecule is CC(C)CC(=O)O[C@@H]1[C@H](OC(=O)CC(C)C)[C@@H](COC(=O)CCCN(C)C)O[C@H]1O. The predicted octanol–water partition coefficient (Wildman–Crippen LogP) is 1.50. The maximum atomic E-state index is 12.2. The van der Waals surface area contributed by atoms with E-state index in [1.807, 2.05) is 46.7 Å². The minimum absolute atomic E-state index is 0.0674. The normalized spacial score (nSPS) is 23.8. The van der Waals surface area contributed by atoms with Crippen molar-refractivity contribution in [2.24, 2.45) is 11.8 Å². The van der Waals surface area contributed by atoms with Gasteiger partial charge in [-0.15, -0.1) is 0 Å². The number of carbonyl (C=O) groups excluding carboxylic acids is 3. The molecule has 0 amide bonds. The van der Waals surface area contributed by atoms with Crippen LogP contribution in [0.5, 0.6) is 0 Å². The summed E-state index contributed by atoms with van der Waals surface area (Å²) in [7, 11) is 3.83. The van der Waals surface area contributed by atoms with Crippen molar-refractivity contribution in [3.8, 4) is 0 Å². The van der Waals surface area contributed by atoms with E-state index in [0.717, 1.165) is 6.54 Å². The highest BCUT2D eigenvalue weighted by Gasteiger charge is 2.49. The van der Waals surface area contributed by atoms with Gasteiger partial charge in [-0.1, -0.05) is 27.7 Å². The molecule has 1 fully saturated rings. The summed E-state index contributed by atoms with van der Waals surface area (Å²) in [5, 5.41) is 10.2. The van der Waals surface area contributed by atoms with Gasteiger partial charge in [-0.25, -0.2) is 0 Å². The molecule has 1 rings (SSSR count). The molecule has 174 valence electrons. The summed E-state index contributed by atoms with van der Waals surface area (Å²) in [5.74, 6) is -1.30. The van der Waals surface area contributed by atoms with Crippen LogP contribution in [0.4, 0.5) is 0 Å². The van der Waals surface area contributed by atoms with Gasteiger partial charge < -0.3 is 29.0 Å². The molecule has 0 aliphatic carbocycles. The van der Waals surface area contributed by atoms with Crippen LogP contribution in [-0.4, -0.2) is 79.8 Å². The largest absolute Gasteiger partial charge is 0.463 e. The van der Waals surface area contributed by atoms with Gasteiger partial charge in [0.25, 0.3) is 0 Å². The Hall–Kier alpha value is -1.71. The summed E-state index contributed by atoms with van der Waals surface area (Å²) in [4.78, 5) is 38.2. The van der Waals surface area contributed by atoms with Crippen LogP contribution in [0.3, 0.4) is 0 Å². The van der Waals surface area contributed by atoms with E-state index in [1.54, 1.807) is 0 Å². The second-order valence-electron chi connectivity index (χ2n) is 8.76. The lowest BCUT2D eigenvalue weighted by Crippen LogP contribution is -2.42. The van der Waals surface area contributed by atoms with Crippen molar-refractivity contribution in [2.45, 2.75) is 78.0 Å². The van der Waals surface area contributed by atoms with Crippen molar-refractivity contribution >= 4 is 17.9 Å². The van der Waals surface area contributed by atoms with Gasteiger partial charge >= 0.3 is 17.9 Å². The number of hydrogen-bond donors (Lipinski definition) is 1. The van der Waals surface area contributed by atoms with Gasteiger partial charge in [-0.05, 0) is 38.9 Å². The van der Waals surface area contributed by atoms with Crippen LogP contribution < -0.4 is 0 Å². The van der Waals surface area contributed by atoms with E-state index in [4.69, 9.17) is 18.9 Å². The molecule has 0 aromatic carbocycles. The molecule has 1 aliphatic rings. The molecule has 1 heterocycles. The van der Waals surface area contributed by atoms with Crippen molar-refractivity contribution < 1.29 is 38.4 Å². The Labute approximate surface area is 179 Å². The molecule has 0 spiro atoms. The molecular weight excluding hydrogens is 394 g/mol. The lowest BCUT2D eigenvalue weighted by molar-refractivity contribution is -0.178. The number of ether oxygens (including phenoxy) is 4. The molecule has 0 saturated carbocycles. The first-order valence-corrected chi connectivity index (χ1v) is 10.5. The topological polar surface area (TPSA) is 112 Å². The van der Waals surface area contributed by atoms with Gasteiger partial charge in [0.05, 0.1) is 0 Å². The molecule has 9 heteroatoms. The minimum Gasteiger partial charge on any atom is -0.463 e. The number of rotatable bonds is 12. The molecule has 1 N–H and O–H groups in total. The number of esters is 3. The fourth-order valence-corrected chi connectivity index (χ4v) is 2.96. The second-order valence-corrected chi connectivity index (χ2v) is 8.76. The lowest BCUT2D eigenvalue weighted by Gasteiger charge is -2.24. The summed E-state index contributed by atoms with van der Waals surface area (Å²) < 4.78 is 21.5. The molecule has 0 bridgehead atoms. The Morgan fingerprint density at radius 2 is 1.47 bits per heavy atom. The summed E-state index contributed by atoms with van der Waals surface area (Å²) in [6.07, 6.45) is -3.44. The first-order valence-electron chi connectivity index (χ1n) is 10.5. The van der Waals surface area contributed by atoms with E-state index in [2.05, 4.69) is 0 Å². The number of aliphatic hydroxyl groups excluding tert-OH is 1. The summed E-state index contributed by atoms with van der Waals surface area (Å²) in [6, 6.07) is 0. The van der Waals surface area contributed by atoms with E-state index >= 15 is 0 Å². The van der Waals surface area contributed by atoms with E-state index in [0.29, 0.717) is 6.42 Å². The zero-order valence-corrected chi connectivity index (χ0v) is 19.0. The van der Waals surface area contributed by atoms with Crippen LogP contribution in [0.2, 0.25) is 0 Å². The third-order valence-corrected chi connectivity index (χ3v) is 4.37. The van der Waals surface area contributed by atoms with E-state index in [1.165, 1.54) is 0 Å². The Kier molecular flexibility index (Phi) is 11.3. The first-order chi connectivity index (χ1) is 14.0. The quantitative estimate of drug-likeness (QED) is 0.363. The molecule has 0 unspecified atom stereocenters. The molecule has 1 saturated heterocycles. The smallest absolute Gasteiger partial charge is 0.306 e. The number of nitrogens with zero attached hydrogens (tertiary/aromatic N) is 1. The maximum Gasteiger partial charge on any atom is 0.306 e. The molecule has 0 aromatic heterocycles. The highest BCUT2D eigenvalue weighted by molar-refractivity contribution is 5.71. The zero-order chi connectivity index (χ0) is 22.8. The number of hydrogen-bond acceptors (Lipinski definition) is 9.